The smallest absolute Gasteiger partial charge is 0.171 e. The fourth-order valence-corrected chi connectivity index (χ4v) is 3.30. The third kappa shape index (κ3) is 4.65. The second-order valence-electron chi connectivity index (χ2n) is 5.95. The lowest BCUT2D eigenvalue weighted by atomic mass is 10.2. The first-order valence-corrected chi connectivity index (χ1v) is 9.13. The molecule has 4 nitrogen and oxygen atoms in total. The van der Waals surface area contributed by atoms with Gasteiger partial charge in [-0.1, -0.05) is 24.4 Å². The molecule has 1 saturated heterocycles. The van der Waals surface area contributed by atoms with Gasteiger partial charge in [-0.05, 0) is 55.4 Å². The van der Waals surface area contributed by atoms with Gasteiger partial charge in [0.25, 0.3) is 0 Å². The molecule has 0 bridgehead atoms. The molecule has 1 aromatic carbocycles. The summed E-state index contributed by atoms with van der Waals surface area (Å²) in [6, 6.07) is 9.72. The normalized spacial score (nSPS) is 15.0. The van der Waals surface area contributed by atoms with Gasteiger partial charge in [0, 0.05) is 18.1 Å². The standard InChI is InChI=1S/C18H22ClN3OS/c19-14-7-8-17(22-9-3-1-2-4-10-22)16(12-14)21-18(24)20-13-15-6-5-11-23-15/h5-8,11-12H,1-4,9-10,13H2,(H2,20,21,24). The molecule has 3 rings (SSSR count). The van der Waals surface area contributed by atoms with Crippen molar-refractivity contribution in [2.45, 2.75) is 32.2 Å². The lowest BCUT2D eigenvalue weighted by Crippen LogP contribution is -2.30. The fraction of sp³-hybridized carbons (Fsp3) is 0.389. The number of furan rings is 1. The van der Waals surface area contributed by atoms with Gasteiger partial charge >= 0.3 is 0 Å². The van der Waals surface area contributed by atoms with Crippen LogP contribution in [0.3, 0.4) is 0 Å². The minimum atomic E-state index is 0.554. The van der Waals surface area contributed by atoms with Gasteiger partial charge in [0.15, 0.2) is 5.11 Å². The SMILES string of the molecule is S=C(NCc1ccco1)Nc1cc(Cl)ccc1N1CCCCCC1. The molecule has 0 radical (unpaired) electrons. The molecule has 24 heavy (non-hydrogen) atoms. The Bertz CT molecular complexity index is 667. The van der Waals surface area contributed by atoms with Gasteiger partial charge in [0.2, 0.25) is 0 Å². The van der Waals surface area contributed by atoms with Gasteiger partial charge in [-0.25, -0.2) is 0 Å². The minimum absolute atomic E-state index is 0.554. The van der Waals surface area contributed by atoms with Crippen LogP contribution < -0.4 is 15.5 Å². The van der Waals surface area contributed by atoms with Crippen molar-refractivity contribution >= 4 is 40.3 Å². The van der Waals surface area contributed by atoms with Crippen LogP contribution in [0.5, 0.6) is 0 Å². The highest BCUT2D eigenvalue weighted by Gasteiger charge is 2.15. The van der Waals surface area contributed by atoms with Gasteiger partial charge in [-0.2, -0.15) is 0 Å². The number of benzene rings is 1. The molecule has 1 fully saturated rings. The van der Waals surface area contributed by atoms with E-state index in [-0.39, 0.29) is 0 Å². The van der Waals surface area contributed by atoms with Crippen LogP contribution in [-0.2, 0) is 6.54 Å². The highest BCUT2D eigenvalue weighted by atomic mass is 35.5. The molecule has 0 atom stereocenters. The molecule has 0 saturated carbocycles. The monoisotopic (exact) mass is 363 g/mol. The Labute approximate surface area is 153 Å². The fourth-order valence-electron chi connectivity index (χ4n) is 2.94. The molecular formula is C18H22ClN3OS. The second kappa shape index (κ2) is 8.40. The molecular weight excluding hydrogens is 342 g/mol. The van der Waals surface area contributed by atoms with E-state index in [1.807, 2.05) is 24.3 Å². The van der Waals surface area contributed by atoms with E-state index in [4.69, 9.17) is 28.2 Å². The molecule has 1 aliphatic heterocycles. The maximum atomic E-state index is 6.19. The van der Waals surface area contributed by atoms with Crippen molar-refractivity contribution in [1.29, 1.82) is 0 Å². The van der Waals surface area contributed by atoms with Gasteiger partial charge in [-0.15, -0.1) is 0 Å². The summed E-state index contributed by atoms with van der Waals surface area (Å²) >= 11 is 11.6. The van der Waals surface area contributed by atoms with Crippen molar-refractivity contribution in [2.75, 3.05) is 23.3 Å². The Hall–Kier alpha value is -1.72. The van der Waals surface area contributed by atoms with E-state index in [0.717, 1.165) is 30.2 Å². The lowest BCUT2D eigenvalue weighted by Gasteiger charge is -2.26. The summed E-state index contributed by atoms with van der Waals surface area (Å²) in [7, 11) is 0. The molecule has 1 aromatic heterocycles. The summed E-state index contributed by atoms with van der Waals surface area (Å²) in [5, 5.41) is 7.70. The van der Waals surface area contributed by atoms with E-state index in [1.165, 1.54) is 25.7 Å². The van der Waals surface area contributed by atoms with Crippen LogP contribution in [0.15, 0.2) is 41.0 Å². The number of nitrogens with zero attached hydrogens (tertiary/aromatic N) is 1. The third-order valence-electron chi connectivity index (χ3n) is 4.16. The Kier molecular flexibility index (Phi) is 5.99. The highest BCUT2D eigenvalue weighted by Crippen LogP contribution is 2.31. The number of nitrogens with one attached hydrogen (secondary N) is 2. The zero-order chi connectivity index (χ0) is 16.8. The second-order valence-corrected chi connectivity index (χ2v) is 6.79. The Morgan fingerprint density at radius 1 is 1.17 bits per heavy atom. The van der Waals surface area contributed by atoms with E-state index in [0.29, 0.717) is 16.7 Å². The maximum absolute atomic E-state index is 6.19. The number of thiocarbonyl (C=S) groups is 1. The number of hydrogen-bond acceptors (Lipinski definition) is 3. The summed E-state index contributed by atoms with van der Waals surface area (Å²) in [5.74, 6) is 0.845. The van der Waals surface area contributed by atoms with E-state index in [1.54, 1.807) is 6.26 Å². The first-order valence-electron chi connectivity index (χ1n) is 8.34. The molecule has 2 aromatic rings. The van der Waals surface area contributed by atoms with Crippen molar-refractivity contribution < 1.29 is 4.42 Å². The first-order chi connectivity index (χ1) is 11.7. The third-order valence-corrected chi connectivity index (χ3v) is 4.64. The van der Waals surface area contributed by atoms with Crippen molar-refractivity contribution in [1.82, 2.24) is 5.32 Å². The number of rotatable bonds is 4. The van der Waals surface area contributed by atoms with Crippen molar-refractivity contribution in [2.24, 2.45) is 0 Å². The maximum Gasteiger partial charge on any atom is 0.171 e. The molecule has 0 amide bonds. The molecule has 2 N–H and O–H groups in total. The summed E-state index contributed by atoms with van der Waals surface area (Å²) in [6.07, 6.45) is 6.71. The molecule has 1 aliphatic rings. The Balaban J connectivity index is 1.68. The molecule has 0 spiro atoms. The van der Waals surface area contributed by atoms with Crippen LogP contribution in [0.25, 0.3) is 0 Å². The average Bonchev–Trinajstić information content (AvgIpc) is 2.95. The van der Waals surface area contributed by atoms with Crippen molar-refractivity contribution in [3.63, 3.8) is 0 Å². The quantitative estimate of drug-likeness (QED) is 0.763. The van der Waals surface area contributed by atoms with Crippen LogP contribution in [-0.4, -0.2) is 18.2 Å². The largest absolute Gasteiger partial charge is 0.467 e. The van der Waals surface area contributed by atoms with Crippen molar-refractivity contribution in [3.8, 4) is 0 Å². The van der Waals surface area contributed by atoms with Crippen LogP contribution >= 0.6 is 23.8 Å². The minimum Gasteiger partial charge on any atom is -0.467 e. The van der Waals surface area contributed by atoms with Crippen LogP contribution in [0, 0.1) is 0 Å². The van der Waals surface area contributed by atoms with Crippen LogP contribution in [0.1, 0.15) is 31.4 Å². The van der Waals surface area contributed by atoms with E-state index < -0.39 is 0 Å². The topological polar surface area (TPSA) is 40.4 Å². The molecule has 128 valence electrons. The van der Waals surface area contributed by atoms with Gasteiger partial charge < -0.3 is 20.0 Å². The molecule has 0 unspecified atom stereocenters. The Morgan fingerprint density at radius 3 is 2.67 bits per heavy atom. The van der Waals surface area contributed by atoms with Gasteiger partial charge in [0.1, 0.15) is 5.76 Å². The lowest BCUT2D eigenvalue weighted by molar-refractivity contribution is 0.503. The summed E-state index contributed by atoms with van der Waals surface area (Å²) in [5.41, 5.74) is 2.10. The highest BCUT2D eigenvalue weighted by molar-refractivity contribution is 7.80. The van der Waals surface area contributed by atoms with Crippen LogP contribution in [0.2, 0.25) is 5.02 Å². The predicted octanol–water partition coefficient (Wildman–Crippen LogP) is 4.80. The van der Waals surface area contributed by atoms with Crippen LogP contribution in [0.4, 0.5) is 11.4 Å². The Morgan fingerprint density at radius 2 is 1.96 bits per heavy atom. The van der Waals surface area contributed by atoms with Gasteiger partial charge in [-0.3, -0.25) is 0 Å². The van der Waals surface area contributed by atoms with Crippen molar-refractivity contribution in [3.05, 3.63) is 47.4 Å². The van der Waals surface area contributed by atoms with Gasteiger partial charge in [0.05, 0.1) is 24.2 Å². The average molecular weight is 364 g/mol. The number of hydrogen-bond donors (Lipinski definition) is 2. The zero-order valence-corrected chi connectivity index (χ0v) is 15.1. The molecule has 0 aliphatic carbocycles. The van der Waals surface area contributed by atoms with E-state index in [2.05, 4.69) is 21.6 Å². The molecule has 2 heterocycles. The summed E-state index contributed by atoms with van der Waals surface area (Å²) in [6.45, 7) is 2.70. The summed E-state index contributed by atoms with van der Waals surface area (Å²) < 4.78 is 5.31. The van der Waals surface area contributed by atoms with E-state index >= 15 is 0 Å². The molecule has 6 heteroatoms. The summed E-state index contributed by atoms with van der Waals surface area (Å²) in [4.78, 5) is 2.42. The van der Waals surface area contributed by atoms with E-state index in [9.17, 15) is 0 Å². The predicted molar refractivity (Wildman–Crippen MR) is 104 cm³/mol. The zero-order valence-electron chi connectivity index (χ0n) is 13.6. The first kappa shape index (κ1) is 17.1. The number of anilines is 2. The number of halogens is 1.